The van der Waals surface area contributed by atoms with Crippen molar-refractivity contribution in [1.29, 1.82) is 0 Å². The predicted molar refractivity (Wildman–Crippen MR) is 346 cm³/mol. The zero-order valence-corrected chi connectivity index (χ0v) is 53.1. The largest absolute Gasteiger partial charge is 0.394 e. The molecule has 0 aromatic heterocycles. The lowest BCUT2D eigenvalue weighted by Gasteiger charge is -2.46. The molecule has 1 amide bonds. The first kappa shape index (κ1) is 78.0. The maximum absolute atomic E-state index is 13.3. The van der Waals surface area contributed by atoms with Gasteiger partial charge in [-0.15, -0.1) is 0 Å². The molecule has 12 atom stereocenters. The second kappa shape index (κ2) is 55.0. The number of ether oxygens (including phenoxy) is 4. The van der Waals surface area contributed by atoms with Crippen molar-refractivity contribution in [2.45, 2.75) is 325 Å². The normalized spacial score (nSPS) is 24.2. The molecule has 0 radical (unpaired) electrons. The summed E-state index contributed by atoms with van der Waals surface area (Å²) in [5.41, 5.74) is 0. The molecule has 2 saturated heterocycles. The molecule has 0 saturated carbocycles. The average molecular weight is 1200 g/mol. The van der Waals surface area contributed by atoms with Crippen LogP contribution in [0.25, 0.3) is 0 Å². The molecule has 2 fully saturated rings. The van der Waals surface area contributed by atoms with Gasteiger partial charge in [-0.2, -0.15) is 0 Å². The van der Waals surface area contributed by atoms with Crippen molar-refractivity contribution in [3.05, 3.63) is 97.2 Å². The van der Waals surface area contributed by atoms with Crippen molar-refractivity contribution in [2.75, 3.05) is 19.8 Å². The monoisotopic (exact) mass is 1200 g/mol. The van der Waals surface area contributed by atoms with Crippen LogP contribution in [0.5, 0.6) is 0 Å². The van der Waals surface area contributed by atoms with Crippen molar-refractivity contribution in [2.24, 2.45) is 0 Å². The molecular weight excluding hydrogens is 1070 g/mol. The van der Waals surface area contributed by atoms with E-state index in [0.29, 0.717) is 12.8 Å². The highest BCUT2D eigenvalue weighted by Gasteiger charge is 2.51. The first-order valence-electron chi connectivity index (χ1n) is 34.0. The van der Waals surface area contributed by atoms with Crippen LogP contribution in [-0.2, 0) is 23.7 Å². The fourth-order valence-corrected chi connectivity index (χ4v) is 10.7. The van der Waals surface area contributed by atoms with E-state index in [4.69, 9.17) is 18.9 Å². The van der Waals surface area contributed by atoms with Crippen molar-refractivity contribution in [1.82, 2.24) is 5.32 Å². The first-order valence-corrected chi connectivity index (χ1v) is 34.0. The number of allylic oxidation sites excluding steroid dienone is 16. The molecule has 0 aromatic rings. The van der Waals surface area contributed by atoms with Gasteiger partial charge < -0.3 is 65.1 Å². The Morgan fingerprint density at radius 1 is 0.435 bits per heavy atom. The summed E-state index contributed by atoms with van der Waals surface area (Å²) < 4.78 is 22.9. The summed E-state index contributed by atoms with van der Waals surface area (Å²) in [6.07, 6.45) is 59.7. The summed E-state index contributed by atoms with van der Waals surface area (Å²) in [7, 11) is 0. The molecule has 12 unspecified atom stereocenters. The molecule has 85 heavy (non-hydrogen) atoms. The van der Waals surface area contributed by atoms with Crippen LogP contribution in [0.4, 0.5) is 0 Å². The molecule has 0 bridgehead atoms. The molecule has 490 valence electrons. The summed E-state index contributed by atoms with van der Waals surface area (Å²) in [4.78, 5) is 13.3. The summed E-state index contributed by atoms with van der Waals surface area (Å²) >= 11 is 0. The predicted octanol–water partition coefficient (Wildman–Crippen LogP) is 13.4. The Hall–Kier alpha value is -3.09. The first-order chi connectivity index (χ1) is 41.6. The van der Waals surface area contributed by atoms with E-state index in [1.54, 1.807) is 0 Å². The van der Waals surface area contributed by atoms with Crippen LogP contribution in [0.3, 0.4) is 0 Å². The lowest BCUT2D eigenvalue weighted by molar-refractivity contribution is -0.359. The number of unbranched alkanes of at least 4 members (excludes halogenated alkanes) is 25. The van der Waals surface area contributed by atoms with Gasteiger partial charge in [0.05, 0.1) is 32.0 Å². The minimum Gasteiger partial charge on any atom is -0.394 e. The second-order valence-corrected chi connectivity index (χ2v) is 23.6. The van der Waals surface area contributed by atoms with Gasteiger partial charge in [0.15, 0.2) is 12.6 Å². The molecule has 2 rings (SSSR count). The number of carbonyl (C=O) groups is 1. The van der Waals surface area contributed by atoms with Crippen LogP contribution < -0.4 is 5.32 Å². The molecule has 2 heterocycles. The van der Waals surface area contributed by atoms with Gasteiger partial charge in [-0.3, -0.25) is 4.79 Å². The smallest absolute Gasteiger partial charge is 0.220 e. The van der Waals surface area contributed by atoms with E-state index in [1.165, 1.54) is 116 Å². The van der Waals surface area contributed by atoms with E-state index in [9.17, 15) is 45.6 Å². The standard InChI is InChI=1S/C71H123NO13/c1-3-5-7-9-11-13-15-17-19-21-23-25-27-28-29-30-31-32-33-35-37-39-41-43-45-47-49-51-53-55-63(76)72-59(58-82-70-68(81)66(79)69(62(57-74)84-70)85-71-67(80)65(78)64(77)61(56-73)83-71)60(75)54-52-50-48-46-44-42-40-38-36-34-26-24-22-20-18-16-14-12-10-8-6-4-2/h5,7,11,13,17,19,23,25,28-29,31-32,35,37,41,43,59-62,64-71,73-75,77-81H,3-4,6,8-10,12,14-16,18,20-22,24,26-27,30,33-34,36,38-40,42,44-58H2,1-2H3,(H,72,76)/b7-5-,13-11-,19-17-,25-23-,29-28-,32-31-,37-35-,43-41-. The molecule has 2 aliphatic heterocycles. The van der Waals surface area contributed by atoms with Gasteiger partial charge in [-0.1, -0.05) is 265 Å². The molecule has 14 heteroatoms. The average Bonchev–Trinajstić information content (AvgIpc) is 3.69. The third kappa shape index (κ3) is 39.5. The molecular formula is C71H123NO13. The minimum atomic E-state index is -1.79. The topological polar surface area (TPSA) is 228 Å². The lowest BCUT2D eigenvalue weighted by atomic mass is 9.97. The fourth-order valence-electron chi connectivity index (χ4n) is 10.7. The van der Waals surface area contributed by atoms with Gasteiger partial charge in [0.1, 0.15) is 48.8 Å². The van der Waals surface area contributed by atoms with Crippen LogP contribution in [-0.4, -0.2) is 140 Å². The minimum absolute atomic E-state index is 0.233. The van der Waals surface area contributed by atoms with E-state index in [2.05, 4.69) is 116 Å². The number of carbonyl (C=O) groups excluding carboxylic acids is 1. The Morgan fingerprint density at radius 3 is 1.25 bits per heavy atom. The fraction of sp³-hybridized carbons (Fsp3) is 0.761. The third-order valence-electron chi connectivity index (χ3n) is 16.1. The molecule has 9 N–H and O–H groups in total. The lowest BCUT2D eigenvalue weighted by Crippen LogP contribution is -2.65. The highest BCUT2D eigenvalue weighted by atomic mass is 16.7. The van der Waals surface area contributed by atoms with Crippen LogP contribution in [0, 0.1) is 0 Å². The number of hydrogen-bond acceptors (Lipinski definition) is 13. The van der Waals surface area contributed by atoms with Gasteiger partial charge in [0.2, 0.25) is 5.91 Å². The van der Waals surface area contributed by atoms with Gasteiger partial charge in [-0.25, -0.2) is 0 Å². The van der Waals surface area contributed by atoms with E-state index in [-0.39, 0.29) is 18.9 Å². The molecule has 14 nitrogen and oxygen atoms in total. The van der Waals surface area contributed by atoms with Crippen LogP contribution in [0.1, 0.15) is 251 Å². The SMILES string of the molecule is CC/C=C\C/C=C\C/C=C\C/C=C\C/C=C\C/C=C\C/C=C\C/C=C\CCCCCCC(=O)NC(COC1OC(CO)C(OC2OC(CO)C(O)C(O)C2O)C(O)C1O)C(O)CCCCCCCCCCCCCCCCCCCCCCCC. The highest BCUT2D eigenvalue weighted by Crippen LogP contribution is 2.30. The maximum atomic E-state index is 13.3. The number of nitrogens with one attached hydrogen (secondary N) is 1. The maximum Gasteiger partial charge on any atom is 0.220 e. The van der Waals surface area contributed by atoms with E-state index in [1.807, 2.05) is 0 Å². The van der Waals surface area contributed by atoms with Gasteiger partial charge in [0, 0.05) is 6.42 Å². The number of rotatable bonds is 54. The number of hydrogen-bond donors (Lipinski definition) is 9. The summed E-state index contributed by atoms with van der Waals surface area (Å²) in [5, 5.41) is 87.5. The zero-order valence-electron chi connectivity index (χ0n) is 53.1. The summed E-state index contributed by atoms with van der Waals surface area (Å²) in [6, 6.07) is -0.851. The Morgan fingerprint density at radius 2 is 0.812 bits per heavy atom. The summed E-state index contributed by atoms with van der Waals surface area (Å²) in [6.45, 7) is 2.75. The zero-order chi connectivity index (χ0) is 61.6. The van der Waals surface area contributed by atoms with Crippen LogP contribution in [0.15, 0.2) is 97.2 Å². The molecule has 2 aliphatic rings. The number of aliphatic hydroxyl groups excluding tert-OH is 8. The van der Waals surface area contributed by atoms with Crippen molar-refractivity contribution < 1.29 is 64.6 Å². The number of amides is 1. The second-order valence-electron chi connectivity index (χ2n) is 23.6. The molecule has 0 spiro atoms. The van der Waals surface area contributed by atoms with Crippen LogP contribution in [0.2, 0.25) is 0 Å². The Balaban J connectivity index is 1.72. The number of aliphatic hydroxyl groups is 8. The highest BCUT2D eigenvalue weighted by molar-refractivity contribution is 5.76. The van der Waals surface area contributed by atoms with Gasteiger partial charge in [0.25, 0.3) is 0 Å². The summed E-state index contributed by atoms with van der Waals surface area (Å²) in [5.74, 6) is -0.233. The Labute approximate surface area is 515 Å². The third-order valence-corrected chi connectivity index (χ3v) is 16.1. The molecule has 0 aromatic carbocycles. The van der Waals surface area contributed by atoms with Crippen molar-refractivity contribution >= 4 is 5.91 Å². The van der Waals surface area contributed by atoms with E-state index >= 15 is 0 Å². The molecule has 0 aliphatic carbocycles. The van der Waals surface area contributed by atoms with Gasteiger partial charge in [-0.05, 0) is 77.0 Å². The van der Waals surface area contributed by atoms with Gasteiger partial charge >= 0.3 is 0 Å². The quantitative estimate of drug-likeness (QED) is 0.0204. The van der Waals surface area contributed by atoms with E-state index in [0.717, 1.165) is 103 Å². The Bertz CT molecular complexity index is 1800. The van der Waals surface area contributed by atoms with Crippen LogP contribution >= 0.6 is 0 Å². The van der Waals surface area contributed by atoms with Crippen molar-refractivity contribution in [3.63, 3.8) is 0 Å². The van der Waals surface area contributed by atoms with Crippen molar-refractivity contribution in [3.8, 4) is 0 Å². The Kier molecular flexibility index (Phi) is 50.5. The van der Waals surface area contributed by atoms with E-state index < -0.39 is 86.8 Å².